The van der Waals surface area contributed by atoms with Crippen molar-refractivity contribution in [2.45, 2.75) is 25.9 Å². The molecule has 0 radical (unpaired) electrons. The van der Waals surface area contributed by atoms with Crippen LogP contribution in [-0.4, -0.2) is 19.7 Å². The first kappa shape index (κ1) is 13.2. The zero-order valence-corrected chi connectivity index (χ0v) is 9.96. The Labute approximate surface area is 104 Å². The van der Waals surface area contributed by atoms with Gasteiger partial charge in [0, 0.05) is 6.07 Å². The van der Waals surface area contributed by atoms with Crippen LogP contribution in [0.1, 0.15) is 18.4 Å². The summed E-state index contributed by atoms with van der Waals surface area (Å²) in [5.74, 6) is -0.133. The molecule has 1 aliphatic heterocycles. The number of ether oxygens (including phenoxy) is 1. The molecule has 0 bridgehead atoms. The Hall–Kier alpha value is -1.23. The van der Waals surface area contributed by atoms with Crippen molar-refractivity contribution in [3.63, 3.8) is 0 Å². The smallest absolute Gasteiger partial charge is 0.387 e. The summed E-state index contributed by atoms with van der Waals surface area (Å²) in [6, 6.07) is 3.96. The van der Waals surface area contributed by atoms with Gasteiger partial charge in [0.05, 0.1) is 0 Å². The second kappa shape index (κ2) is 6.09. The Bertz CT molecular complexity index is 392. The van der Waals surface area contributed by atoms with Gasteiger partial charge >= 0.3 is 6.61 Å². The van der Waals surface area contributed by atoms with Gasteiger partial charge in [-0.1, -0.05) is 6.07 Å². The fraction of sp³-hybridized carbons (Fsp3) is 0.538. The maximum absolute atomic E-state index is 13.7. The minimum absolute atomic E-state index is 0.128. The fourth-order valence-electron chi connectivity index (χ4n) is 2.27. The summed E-state index contributed by atoms with van der Waals surface area (Å²) in [6.07, 6.45) is 2.70. The molecule has 1 aliphatic rings. The zero-order valence-electron chi connectivity index (χ0n) is 9.96. The molecule has 0 aliphatic carbocycles. The number of benzene rings is 1. The summed E-state index contributed by atoms with van der Waals surface area (Å²) in [5.41, 5.74) is 0.573. The predicted molar refractivity (Wildman–Crippen MR) is 62.3 cm³/mol. The van der Waals surface area contributed by atoms with E-state index in [4.69, 9.17) is 0 Å². The number of nitrogens with one attached hydrogen (secondary N) is 1. The highest BCUT2D eigenvalue weighted by Crippen LogP contribution is 2.23. The van der Waals surface area contributed by atoms with E-state index < -0.39 is 12.4 Å². The molecule has 0 amide bonds. The fourth-order valence-corrected chi connectivity index (χ4v) is 2.27. The first-order valence-corrected chi connectivity index (χ1v) is 6.09. The van der Waals surface area contributed by atoms with Crippen LogP contribution in [0.4, 0.5) is 13.2 Å². The van der Waals surface area contributed by atoms with Crippen LogP contribution in [0, 0.1) is 11.7 Å². The third-order valence-electron chi connectivity index (χ3n) is 3.22. The molecule has 18 heavy (non-hydrogen) atoms. The Kier molecular flexibility index (Phi) is 4.47. The van der Waals surface area contributed by atoms with E-state index in [2.05, 4.69) is 10.1 Å². The maximum Gasteiger partial charge on any atom is 0.387 e. The number of alkyl halides is 2. The molecule has 2 rings (SSSR count). The first-order chi connectivity index (χ1) is 8.65. The van der Waals surface area contributed by atoms with Crippen molar-refractivity contribution in [2.24, 2.45) is 5.92 Å². The van der Waals surface area contributed by atoms with E-state index in [1.54, 1.807) is 0 Å². The highest BCUT2D eigenvalue weighted by molar-refractivity contribution is 5.29. The minimum Gasteiger partial charge on any atom is -0.435 e. The number of halogens is 3. The van der Waals surface area contributed by atoms with Gasteiger partial charge < -0.3 is 10.1 Å². The SMILES string of the molecule is Fc1cc(OC(F)F)ccc1CC1CCNCC1. The second-order valence-electron chi connectivity index (χ2n) is 4.53. The van der Waals surface area contributed by atoms with Gasteiger partial charge in [0.25, 0.3) is 0 Å². The van der Waals surface area contributed by atoms with E-state index in [1.807, 2.05) is 0 Å². The number of hydrogen-bond donors (Lipinski definition) is 1. The molecule has 1 aromatic carbocycles. The van der Waals surface area contributed by atoms with Gasteiger partial charge in [-0.15, -0.1) is 0 Å². The molecule has 1 N–H and O–H groups in total. The molecule has 1 aromatic rings. The molecule has 5 heteroatoms. The van der Waals surface area contributed by atoms with Crippen LogP contribution in [0.3, 0.4) is 0 Å². The molecular formula is C13H16F3NO. The number of piperidine rings is 1. The van der Waals surface area contributed by atoms with Gasteiger partial charge in [-0.2, -0.15) is 8.78 Å². The van der Waals surface area contributed by atoms with E-state index in [9.17, 15) is 13.2 Å². The lowest BCUT2D eigenvalue weighted by atomic mass is 9.91. The minimum atomic E-state index is -2.92. The Morgan fingerprint density at radius 1 is 1.28 bits per heavy atom. The van der Waals surface area contributed by atoms with Gasteiger partial charge in [-0.05, 0) is 49.9 Å². The largest absolute Gasteiger partial charge is 0.435 e. The average Bonchev–Trinajstić information content (AvgIpc) is 2.33. The molecule has 1 heterocycles. The van der Waals surface area contributed by atoms with Crippen molar-refractivity contribution >= 4 is 0 Å². The van der Waals surface area contributed by atoms with Crippen LogP contribution < -0.4 is 10.1 Å². The predicted octanol–water partition coefficient (Wildman–Crippen LogP) is 2.97. The third-order valence-corrected chi connectivity index (χ3v) is 3.22. The summed E-state index contributed by atoms with van der Waals surface area (Å²) >= 11 is 0. The molecular weight excluding hydrogens is 243 g/mol. The number of hydrogen-bond acceptors (Lipinski definition) is 2. The van der Waals surface area contributed by atoms with Gasteiger partial charge in [-0.3, -0.25) is 0 Å². The Balaban J connectivity index is 2.00. The van der Waals surface area contributed by atoms with Crippen LogP contribution in [0.25, 0.3) is 0 Å². The van der Waals surface area contributed by atoms with Crippen molar-refractivity contribution in [1.29, 1.82) is 0 Å². The van der Waals surface area contributed by atoms with E-state index in [0.29, 0.717) is 17.9 Å². The van der Waals surface area contributed by atoms with Crippen LogP contribution in [0.5, 0.6) is 5.75 Å². The van der Waals surface area contributed by atoms with Gasteiger partial charge in [0.15, 0.2) is 0 Å². The maximum atomic E-state index is 13.7. The summed E-state index contributed by atoms with van der Waals surface area (Å²) < 4.78 is 41.8. The Morgan fingerprint density at radius 3 is 2.61 bits per heavy atom. The average molecular weight is 259 g/mol. The highest BCUT2D eigenvalue weighted by Gasteiger charge is 2.16. The summed E-state index contributed by atoms with van der Waals surface area (Å²) in [5, 5.41) is 3.25. The summed E-state index contributed by atoms with van der Waals surface area (Å²) in [7, 11) is 0. The van der Waals surface area contributed by atoms with Crippen molar-refractivity contribution in [2.75, 3.05) is 13.1 Å². The van der Waals surface area contributed by atoms with Crippen molar-refractivity contribution in [1.82, 2.24) is 5.32 Å². The molecule has 0 aromatic heterocycles. The van der Waals surface area contributed by atoms with Crippen LogP contribution in [0.2, 0.25) is 0 Å². The molecule has 0 unspecified atom stereocenters. The molecule has 1 fully saturated rings. The lowest BCUT2D eigenvalue weighted by Gasteiger charge is -2.22. The van der Waals surface area contributed by atoms with Crippen molar-refractivity contribution < 1.29 is 17.9 Å². The van der Waals surface area contributed by atoms with E-state index >= 15 is 0 Å². The molecule has 100 valence electrons. The number of rotatable bonds is 4. The topological polar surface area (TPSA) is 21.3 Å². The lowest BCUT2D eigenvalue weighted by Crippen LogP contribution is -2.28. The molecule has 2 nitrogen and oxygen atoms in total. The Morgan fingerprint density at radius 2 is 2.00 bits per heavy atom. The lowest BCUT2D eigenvalue weighted by molar-refractivity contribution is -0.0500. The van der Waals surface area contributed by atoms with Crippen molar-refractivity contribution in [3.8, 4) is 5.75 Å². The van der Waals surface area contributed by atoms with Gasteiger partial charge in [0.2, 0.25) is 0 Å². The van der Waals surface area contributed by atoms with Crippen LogP contribution in [-0.2, 0) is 6.42 Å². The quantitative estimate of drug-likeness (QED) is 0.897. The van der Waals surface area contributed by atoms with Gasteiger partial charge in [0.1, 0.15) is 11.6 Å². The highest BCUT2D eigenvalue weighted by atomic mass is 19.3. The van der Waals surface area contributed by atoms with Crippen LogP contribution in [0.15, 0.2) is 18.2 Å². The normalized spacial score (nSPS) is 17.1. The van der Waals surface area contributed by atoms with Gasteiger partial charge in [-0.25, -0.2) is 4.39 Å². The molecule has 1 saturated heterocycles. The van der Waals surface area contributed by atoms with E-state index in [-0.39, 0.29) is 5.75 Å². The zero-order chi connectivity index (χ0) is 13.0. The summed E-state index contributed by atoms with van der Waals surface area (Å²) in [4.78, 5) is 0. The second-order valence-corrected chi connectivity index (χ2v) is 4.53. The first-order valence-electron chi connectivity index (χ1n) is 6.09. The van der Waals surface area contributed by atoms with Crippen molar-refractivity contribution in [3.05, 3.63) is 29.6 Å². The molecule has 0 spiro atoms. The van der Waals surface area contributed by atoms with Crippen LogP contribution >= 0.6 is 0 Å². The standard InChI is InChI=1S/C13H16F3NO/c14-12-8-11(18-13(15)16)2-1-10(12)7-9-3-5-17-6-4-9/h1-2,8-9,13,17H,3-7H2. The van der Waals surface area contributed by atoms with E-state index in [1.165, 1.54) is 12.1 Å². The molecule has 0 atom stereocenters. The van der Waals surface area contributed by atoms with E-state index in [0.717, 1.165) is 32.0 Å². The molecule has 0 saturated carbocycles. The third kappa shape index (κ3) is 3.63. The monoisotopic (exact) mass is 259 g/mol. The summed E-state index contributed by atoms with van der Waals surface area (Å²) in [6.45, 7) is -1.00.